The Hall–Kier alpha value is -3.15. The molecule has 26 heavy (non-hydrogen) atoms. The van der Waals surface area contributed by atoms with Crippen molar-refractivity contribution in [1.29, 1.82) is 0 Å². The minimum Gasteiger partial charge on any atom is -0.481 e. The summed E-state index contributed by atoms with van der Waals surface area (Å²) in [5.41, 5.74) is 2.20. The predicted octanol–water partition coefficient (Wildman–Crippen LogP) is 1.95. The van der Waals surface area contributed by atoms with E-state index in [0.717, 1.165) is 5.56 Å². The zero-order valence-corrected chi connectivity index (χ0v) is 14.2. The van der Waals surface area contributed by atoms with Crippen molar-refractivity contribution >= 4 is 23.5 Å². The molecule has 1 atom stereocenters. The number of carboxylic acid groups (broad SMARTS) is 1. The molecule has 2 amide bonds. The average molecular weight is 352 g/mol. The minimum atomic E-state index is -0.941. The van der Waals surface area contributed by atoms with E-state index in [0.29, 0.717) is 11.3 Å². The Bertz CT molecular complexity index is 820. The van der Waals surface area contributed by atoms with Crippen molar-refractivity contribution in [2.45, 2.75) is 18.8 Å². The molecule has 2 aromatic rings. The number of carbonyl (C=O) groups excluding carboxylic acids is 2. The van der Waals surface area contributed by atoms with Gasteiger partial charge in [0.05, 0.1) is 6.42 Å². The summed E-state index contributed by atoms with van der Waals surface area (Å²) >= 11 is 0. The minimum absolute atomic E-state index is 0.126. The number of nitrogens with one attached hydrogen (secondary N) is 1. The van der Waals surface area contributed by atoms with Crippen LogP contribution in [0.1, 0.15) is 23.5 Å². The summed E-state index contributed by atoms with van der Waals surface area (Å²) in [7, 11) is 0. The number of anilines is 1. The van der Waals surface area contributed by atoms with Gasteiger partial charge in [0.15, 0.2) is 0 Å². The highest BCUT2D eigenvalue weighted by molar-refractivity contribution is 5.99. The lowest BCUT2D eigenvalue weighted by molar-refractivity contribution is -0.138. The quantitative estimate of drug-likeness (QED) is 0.832. The van der Waals surface area contributed by atoms with Gasteiger partial charge in [-0.3, -0.25) is 14.4 Å². The molecule has 3 rings (SSSR count). The molecule has 0 fully saturated rings. The van der Waals surface area contributed by atoms with Crippen LogP contribution < -0.4 is 10.2 Å². The van der Waals surface area contributed by atoms with E-state index in [1.807, 2.05) is 30.3 Å². The highest BCUT2D eigenvalue weighted by atomic mass is 16.4. The Morgan fingerprint density at radius 3 is 2.46 bits per heavy atom. The smallest absolute Gasteiger partial charge is 0.312 e. The molecule has 134 valence electrons. The van der Waals surface area contributed by atoms with Crippen molar-refractivity contribution < 1.29 is 19.5 Å². The molecule has 2 aromatic carbocycles. The van der Waals surface area contributed by atoms with Crippen LogP contribution in [-0.4, -0.2) is 36.0 Å². The summed E-state index contributed by atoms with van der Waals surface area (Å²) in [6, 6.07) is 16.4. The van der Waals surface area contributed by atoms with Crippen LogP contribution in [0.15, 0.2) is 54.6 Å². The van der Waals surface area contributed by atoms with Crippen LogP contribution in [0, 0.1) is 0 Å². The number of nitrogens with zero attached hydrogens (tertiary/aromatic N) is 1. The van der Waals surface area contributed by atoms with E-state index in [1.54, 1.807) is 24.3 Å². The summed E-state index contributed by atoms with van der Waals surface area (Å²) < 4.78 is 0. The van der Waals surface area contributed by atoms with Gasteiger partial charge in [0.25, 0.3) is 0 Å². The molecular formula is C20H20N2O4. The van der Waals surface area contributed by atoms with Crippen LogP contribution in [0.2, 0.25) is 0 Å². The first kappa shape index (κ1) is 17.7. The van der Waals surface area contributed by atoms with Crippen LogP contribution in [0.4, 0.5) is 5.69 Å². The Kier molecular flexibility index (Phi) is 5.31. The summed E-state index contributed by atoms with van der Waals surface area (Å²) in [5, 5.41) is 12.1. The zero-order chi connectivity index (χ0) is 18.5. The lowest BCUT2D eigenvalue weighted by atomic mass is 10.0. The molecule has 1 aliphatic heterocycles. The van der Waals surface area contributed by atoms with Gasteiger partial charge in [-0.2, -0.15) is 0 Å². The number of rotatable bonds is 6. The highest BCUT2D eigenvalue weighted by Gasteiger charge is 2.35. The topological polar surface area (TPSA) is 86.7 Å². The molecule has 0 radical (unpaired) electrons. The molecule has 1 aliphatic rings. The van der Waals surface area contributed by atoms with Crippen molar-refractivity contribution in [2.75, 3.05) is 18.0 Å². The highest BCUT2D eigenvalue weighted by Crippen LogP contribution is 2.36. The normalized spacial score (nSPS) is 15.4. The number of para-hydroxylation sites is 1. The van der Waals surface area contributed by atoms with E-state index in [2.05, 4.69) is 5.32 Å². The van der Waals surface area contributed by atoms with Gasteiger partial charge in [0.2, 0.25) is 11.8 Å². The number of hydrogen-bond acceptors (Lipinski definition) is 3. The van der Waals surface area contributed by atoms with E-state index < -0.39 is 11.9 Å². The first-order valence-corrected chi connectivity index (χ1v) is 8.49. The number of carboxylic acids is 1. The van der Waals surface area contributed by atoms with Crippen LogP contribution in [0.3, 0.4) is 0 Å². The molecule has 1 unspecified atom stereocenters. The second kappa shape index (κ2) is 7.82. The second-order valence-corrected chi connectivity index (χ2v) is 6.22. The van der Waals surface area contributed by atoms with Crippen molar-refractivity contribution in [3.05, 3.63) is 65.7 Å². The molecule has 0 spiro atoms. The molecule has 0 saturated heterocycles. The maximum atomic E-state index is 12.5. The number of hydrogen-bond donors (Lipinski definition) is 2. The first-order chi connectivity index (χ1) is 12.6. The van der Waals surface area contributed by atoms with Crippen LogP contribution >= 0.6 is 0 Å². The lowest BCUT2D eigenvalue weighted by Crippen LogP contribution is -2.35. The van der Waals surface area contributed by atoms with Gasteiger partial charge in [0.1, 0.15) is 5.92 Å². The third kappa shape index (κ3) is 3.91. The van der Waals surface area contributed by atoms with E-state index in [1.165, 1.54) is 4.90 Å². The lowest BCUT2D eigenvalue weighted by Gasteiger charge is -2.17. The summed E-state index contributed by atoms with van der Waals surface area (Å²) in [4.78, 5) is 37.4. The maximum absolute atomic E-state index is 12.5. The summed E-state index contributed by atoms with van der Waals surface area (Å²) in [6.45, 7) is 0.354. The van der Waals surface area contributed by atoms with Gasteiger partial charge in [-0.15, -0.1) is 0 Å². The van der Waals surface area contributed by atoms with Gasteiger partial charge >= 0.3 is 5.97 Å². The SMILES string of the molecule is O=C(Cc1ccccc1)NCCC(=O)N1CC(C(=O)O)c2ccccc21. The van der Waals surface area contributed by atoms with Crippen LogP contribution in [0.25, 0.3) is 0 Å². The second-order valence-electron chi connectivity index (χ2n) is 6.22. The maximum Gasteiger partial charge on any atom is 0.312 e. The fourth-order valence-electron chi connectivity index (χ4n) is 3.14. The van der Waals surface area contributed by atoms with Crippen molar-refractivity contribution in [2.24, 2.45) is 0 Å². The molecule has 0 bridgehead atoms. The number of fused-ring (bicyclic) bond motifs is 1. The third-order valence-electron chi connectivity index (χ3n) is 4.44. The molecule has 0 aromatic heterocycles. The van der Waals surface area contributed by atoms with Gasteiger partial charge < -0.3 is 15.3 Å². The van der Waals surface area contributed by atoms with E-state index in [4.69, 9.17) is 0 Å². The average Bonchev–Trinajstić information content (AvgIpc) is 3.02. The fourth-order valence-corrected chi connectivity index (χ4v) is 3.14. The Balaban J connectivity index is 1.54. The van der Waals surface area contributed by atoms with Crippen molar-refractivity contribution in [1.82, 2.24) is 5.32 Å². The molecule has 0 aliphatic carbocycles. The molecule has 6 heteroatoms. The Labute approximate surface area is 151 Å². The van der Waals surface area contributed by atoms with Crippen molar-refractivity contribution in [3.63, 3.8) is 0 Å². The van der Waals surface area contributed by atoms with Crippen LogP contribution in [-0.2, 0) is 20.8 Å². The molecule has 1 heterocycles. The molecular weight excluding hydrogens is 332 g/mol. The standard InChI is InChI=1S/C20H20N2O4/c23-18(12-14-6-2-1-3-7-14)21-11-10-19(24)22-13-16(20(25)26)15-8-4-5-9-17(15)22/h1-9,16H,10-13H2,(H,21,23)(H,25,26). The predicted molar refractivity (Wildman–Crippen MR) is 96.9 cm³/mol. The number of aliphatic carboxylic acids is 1. The summed E-state index contributed by atoms with van der Waals surface area (Å²) in [5.74, 6) is -1.98. The molecule has 6 nitrogen and oxygen atoms in total. The van der Waals surface area contributed by atoms with Gasteiger partial charge in [-0.25, -0.2) is 0 Å². The fraction of sp³-hybridized carbons (Fsp3) is 0.250. The van der Waals surface area contributed by atoms with Crippen LogP contribution in [0.5, 0.6) is 0 Å². The molecule has 2 N–H and O–H groups in total. The zero-order valence-electron chi connectivity index (χ0n) is 14.2. The van der Waals surface area contributed by atoms with Crippen molar-refractivity contribution in [3.8, 4) is 0 Å². The number of carbonyl (C=O) groups is 3. The number of amides is 2. The summed E-state index contributed by atoms with van der Waals surface area (Å²) in [6.07, 6.45) is 0.393. The monoisotopic (exact) mass is 352 g/mol. The Morgan fingerprint density at radius 1 is 1.04 bits per heavy atom. The van der Waals surface area contributed by atoms with E-state index in [9.17, 15) is 19.5 Å². The first-order valence-electron chi connectivity index (χ1n) is 8.49. The number of benzene rings is 2. The van der Waals surface area contributed by atoms with Gasteiger partial charge in [-0.05, 0) is 17.2 Å². The van der Waals surface area contributed by atoms with E-state index >= 15 is 0 Å². The molecule has 0 saturated carbocycles. The van der Waals surface area contributed by atoms with E-state index in [-0.39, 0.29) is 37.7 Å². The third-order valence-corrected chi connectivity index (χ3v) is 4.44. The van der Waals surface area contributed by atoms with Gasteiger partial charge in [0, 0.05) is 25.2 Å². The van der Waals surface area contributed by atoms with Gasteiger partial charge in [-0.1, -0.05) is 48.5 Å². The largest absolute Gasteiger partial charge is 0.481 e. The Morgan fingerprint density at radius 2 is 1.73 bits per heavy atom.